The molecule has 0 radical (unpaired) electrons. The summed E-state index contributed by atoms with van der Waals surface area (Å²) in [5, 5.41) is 0. The summed E-state index contributed by atoms with van der Waals surface area (Å²) in [6.07, 6.45) is 6.24. The molecule has 2 fully saturated rings. The molecule has 25 heavy (non-hydrogen) atoms. The lowest BCUT2D eigenvalue weighted by molar-refractivity contribution is -0.137. The van der Waals surface area contributed by atoms with Crippen LogP contribution >= 0.6 is 0 Å². The Kier molecular flexibility index (Phi) is 5.61. The Morgan fingerprint density at radius 1 is 1.08 bits per heavy atom. The number of rotatable bonds is 4. The summed E-state index contributed by atoms with van der Waals surface area (Å²) in [5.74, 6) is 0.921. The van der Waals surface area contributed by atoms with E-state index in [2.05, 4.69) is 0 Å². The van der Waals surface area contributed by atoms with Crippen molar-refractivity contribution in [3.8, 4) is 0 Å². The standard InChI is InChI=1S/C20H28N2O3/c1-21(2)18-9-7-16(8-10-18)20(24)25-14-19(23)22-12-11-15-5-3-4-6-17(15)13-22/h7-10,15,17H,3-6,11-14H2,1-2H3/t15-,17-/m0/s1. The Labute approximate surface area is 149 Å². The van der Waals surface area contributed by atoms with Gasteiger partial charge in [0.05, 0.1) is 5.56 Å². The highest BCUT2D eigenvalue weighted by atomic mass is 16.5. The lowest BCUT2D eigenvalue weighted by atomic mass is 9.75. The molecule has 1 saturated heterocycles. The number of hydrogen-bond acceptors (Lipinski definition) is 4. The van der Waals surface area contributed by atoms with Crippen LogP contribution in [0.2, 0.25) is 0 Å². The third-order valence-electron chi connectivity index (χ3n) is 5.59. The molecular weight excluding hydrogens is 316 g/mol. The average Bonchev–Trinajstić information content (AvgIpc) is 2.65. The number of carbonyl (C=O) groups is 2. The fourth-order valence-corrected chi connectivity index (χ4v) is 4.02. The lowest BCUT2D eigenvalue weighted by Crippen LogP contribution is -2.46. The van der Waals surface area contributed by atoms with Crippen molar-refractivity contribution in [1.82, 2.24) is 4.90 Å². The van der Waals surface area contributed by atoms with Crippen LogP contribution in [0.5, 0.6) is 0 Å². The predicted molar refractivity (Wildman–Crippen MR) is 97.7 cm³/mol. The van der Waals surface area contributed by atoms with Crippen molar-refractivity contribution in [3.63, 3.8) is 0 Å². The van der Waals surface area contributed by atoms with Gasteiger partial charge in [0.2, 0.25) is 0 Å². The van der Waals surface area contributed by atoms with Gasteiger partial charge in [0, 0.05) is 32.9 Å². The summed E-state index contributed by atoms with van der Waals surface area (Å²) in [5.41, 5.74) is 1.49. The van der Waals surface area contributed by atoms with Gasteiger partial charge in [-0.2, -0.15) is 0 Å². The van der Waals surface area contributed by atoms with E-state index < -0.39 is 5.97 Å². The topological polar surface area (TPSA) is 49.9 Å². The van der Waals surface area contributed by atoms with E-state index in [0.29, 0.717) is 11.5 Å². The maximum absolute atomic E-state index is 12.4. The van der Waals surface area contributed by atoms with E-state index in [0.717, 1.165) is 31.1 Å². The molecule has 0 spiro atoms. The second-order valence-electron chi connectivity index (χ2n) is 7.45. The first-order valence-electron chi connectivity index (χ1n) is 9.27. The van der Waals surface area contributed by atoms with Crippen molar-refractivity contribution >= 4 is 17.6 Å². The van der Waals surface area contributed by atoms with Gasteiger partial charge in [-0.25, -0.2) is 4.79 Å². The number of ether oxygens (including phenoxy) is 1. The van der Waals surface area contributed by atoms with Crippen LogP contribution in [0.25, 0.3) is 0 Å². The number of fused-ring (bicyclic) bond motifs is 1. The summed E-state index contributed by atoms with van der Waals surface area (Å²) in [6, 6.07) is 7.20. The highest BCUT2D eigenvalue weighted by Crippen LogP contribution is 2.36. The van der Waals surface area contributed by atoms with E-state index >= 15 is 0 Å². The highest BCUT2D eigenvalue weighted by Gasteiger charge is 2.33. The number of likely N-dealkylation sites (tertiary alicyclic amines) is 1. The summed E-state index contributed by atoms with van der Waals surface area (Å²) >= 11 is 0. The van der Waals surface area contributed by atoms with Gasteiger partial charge in [-0.05, 0) is 48.9 Å². The summed E-state index contributed by atoms with van der Waals surface area (Å²) in [6.45, 7) is 1.47. The van der Waals surface area contributed by atoms with Crippen molar-refractivity contribution in [2.24, 2.45) is 11.8 Å². The molecule has 3 rings (SSSR count). The number of carbonyl (C=O) groups excluding carboxylic acids is 2. The molecule has 0 aromatic heterocycles. The molecule has 2 aliphatic rings. The van der Waals surface area contributed by atoms with Crippen LogP contribution in [0.15, 0.2) is 24.3 Å². The molecule has 1 aliphatic carbocycles. The van der Waals surface area contributed by atoms with E-state index in [-0.39, 0.29) is 12.5 Å². The number of benzene rings is 1. The van der Waals surface area contributed by atoms with Crippen LogP contribution in [0.1, 0.15) is 42.5 Å². The molecule has 1 heterocycles. The van der Waals surface area contributed by atoms with E-state index in [9.17, 15) is 9.59 Å². The smallest absolute Gasteiger partial charge is 0.338 e. The van der Waals surface area contributed by atoms with Gasteiger partial charge in [0.1, 0.15) is 0 Å². The third kappa shape index (κ3) is 4.33. The van der Waals surface area contributed by atoms with Crippen molar-refractivity contribution in [1.29, 1.82) is 0 Å². The van der Waals surface area contributed by atoms with E-state index in [1.54, 1.807) is 12.1 Å². The van der Waals surface area contributed by atoms with Gasteiger partial charge in [0.15, 0.2) is 6.61 Å². The Balaban J connectivity index is 1.49. The predicted octanol–water partition coefficient (Wildman–Crippen LogP) is 2.95. The first-order valence-corrected chi connectivity index (χ1v) is 9.27. The summed E-state index contributed by atoms with van der Waals surface area (Å²) < 4.78 is 5.24. The van der Waals surface area contributed by atoms with Crippen LogP contribution in [-0.4, -0.2) is 50.6 Å². The van der Waals surface area contributed by atoms with Crippen LogP contribution in [0.4, 0.5) is 5.69 Å². The number of piperidine rings is 1. The largest absolute Gasteiger partial charge is 0.452 e. The minimum atomic E-state index is -0.439. The summed E-state index contributed by atoms with van der Waals surface area (Å²) in [7, 11) is 3.89. The first kappa shape index (κ1) is 17.8. The van der Waals surface area contributed by atoms with E-state index in [4.69, 9.17) is 4.74 Å². The van der Waals surface area contributed by atoms with Gasteiger partial charge in [-0.1, -0.05) is 19.3 Å². The highest BCUT2D eigenvalue weighted by molar-refractivity contribution is 5.91. The zero-order valence-electron chi connectivity index (χ0n) is 15.2. The molecule has 1 aromatic rings. The molecule has 136 valence electrons. The fourth-order valence-electron chi connectivity index (χ4n) is 4.02. The monoisotopic (exact) mass is 344 g/mol. The van der Waals surface area contributed by atoms with Crippen molar-refractivity contribution in [2.75, 3.05) is 38.7 Å². The average molecular weight is 344 g/mol. The van der Waals surface area contributed by atoms with Gasteiger partial charge in [-0.15, -0.1) is 0 Å². The first-order chi connectivity index (χ1) is 12.0. The molecule has 1 amide bonds. The Morgan fingerprint density at radius 3 is 2.44 bits per heavy atom. The van der Waals surface area contributed by atoms with Crippen LogP contribution in [0.3, 0.4) is 0 Å². The van der Waals surface area contributed by atoms with Crippen molar-refractivity contribution < 1.29 is 14.3 Å². The number of nitrogens with zero attached hydrogens (tertiary/aromatic N) is 2. The van der Waals surface area contributed by atoms with E-state index in [1.807, 2.05) is 36.0 Å². The molecule has 1 aliphatic heterocycles. The molecule has 5 nitrogen and oxygen atoms in total. The fraction of sp³-hybridized carbons (Fsp3) is 0.600. The quantitative estimate of drug-likeness (QED) is 0.788. The molecule has 5 heteroatoms. The molecular formula is C20H28N2O3. The minimum absolute atomic E-state index is 0.0673. The van der Waals surface area contributed by atoms with Crippen LogP contribution in [0, 0.1) is 11.8 Å². The second-order valence-corrected chi connectivity index (χ2v) is 7.45. The van der Waals surface area contributed by atoms with Gasteiger partial charge in [-0.3, -0.25) is 4.79 Å². The molecule has 0 bridgehead atoms. The van der Waals surface area contributed by atoms with E-state index in [1.165, 1.54) is 25.7 Å². The Hall–Kier alpha value is -2.04. The van der Waals surface area contributed by atoms with Crippen LogP contribution in [-0.2, 0) is 9.53 Å². The van der Waals surface area contributed by atoms with Crippen LogP contribution < -0.4 is 4.90 Å². The second kappa shape index (κ2) is 7.89. The minimum Gasteiger partial charge on any atom is -0.452 e. The lowest BCUT2D eigenvalue weighted by Gasteiger charge is -2.41. The molecule has 1 saturated carbocycles. The Bertz CT molecular complexity index is 612. The number of amides is 1. The number of esters is 1. The molecule has 1 aromatic carbocycles. The summed E-state index contributed by atoms with van der Waals surface area (Å²) in [4.78, 5) is 28.4. The third-order valence-corrected chi connectivity index (χ3v) is 5.59. The maximum Gasteiger partial charge on any atom is 0.338 e. The van der Waals surface area contributed by atoms with Gasteiger partial charge in [0.25, 0.3) is 5.91 Å². The number of hydrogen-bond donors (Lipinski definition) is 0. The van der Waals surface area contributed by atoms with Gasteiger partial charge < -0.3 is 14.5 Å². The number of anilines is 1. The zero-order chi connectivity index (χ0) is 17.8. The molecule has 2 atom stereocenters. The zero-order valence-corrected chi connectivity index (χ0v) is 15.2. The van der Waals surface area contributed by atoms with Crippen molar-refractivity contribution in [2.45, 2.75) is 32.1 Å². The normalized spacial score (nSPS) is 22.9. The Morgan fingerprint density at radius 2 is 1.76 bits per heavy atom. The molecule has 0 unspecified atom stereocenters. The molecule has 0 N–H and O–H groups in total. The van der Waals surface area contributed by atoms with Gasteiger partial charge >= 0.3 is 5.97 Å². The van der Waals surface area contributed by atoms with Crippen molar-refractivity contribution in [3.05, 3.63) is 29.8 Å². The maximum atomic E-state index is 12.4. The SMILES string of the molecule is CN(C)c1ccc(C(=O)OCC(=O)N2CC[C@@H]3CCCC[C@H]3C2)cc1.